The number of anilines is 1. The summed E-state index contributed by atoms with van der Waals surface area (Å²) in [6.07, 6.45) is 1.13. The zero-order valence-electron chi connectivity index (χ0n) is 13.0. The lowest BCUT2D eigenvalue weighted by Crippen LogP contribution is -2.23. The fourth-order valence-corrected chi connectivity index (χ4v) is 2.19. The van der Waals surface area contributed by atoms with Crippen LogP contribution in [0.25, 0.3) is 0 Å². The molecule has 0 spiro atoms. The number of azo groups is 1. The number of rotatable bonds is 6. The molecule has 0 unspecified atom stereocenters. The van der Waals surface area contributed by atoms with Crippen molar-refractivity contribution >= 4 is 17.1 Å². The van der Waals surface area contributed by atoms with E-state index in [1.54, 1.807) is 24.3 Å². The topological polar surface area (TPSA) is 51.8 Å². The van der Waals surface area contributed by atoms with Gasteiger partial charge in [0.2, 0.25) is 0 Å². The van der Waals surface area contributed by atoms with Gasteiger partial charge in [-0.2, -0.15) is 15.5 Å². The molecule has 0 radical (unpaired) electrons. The van der Waals surface area contributed by atoms with Crippen LogP contribution in [0.5, 0.6) is 0 Å². The first-order chi connectivity index (χ1) is 10.8. The minimum atomic E-state index is 0.624. The summed E-state index contributed by atoms with van der Waals surface area (Å²) in [7, 11) is 0. The quantitative estimate of drug-likeness (QED) is 0.686. The second-order valence-electron chi connectivity index (χ2n) is 4.95. The molecule has 112 valence electrons. The van der Waals surface area contributed by atoms with E-state index in [9.17, 15) is 0 Å². The SMILES string of the molecule is CCCN(CC)c1ccc(N=Nc2ccc(C#N)cc2)cc1. The van der Waals surface area contributed by atoms with Gasteiger partial charge in [-0.15, -0.1) is 0 Å². The Hall–Kier alpha value is -2.67. The molecule has 0 aliphatic carbocycles. The van der Waals surface area contributed by atoms with E-state index in [0.29, 0.717) is 5.56 Å². The predicted molar refractivity (Wildman–Crippen MR) is 90.0 cm³/mol. The Morgan fingerprint density at radius 3 is 1.91 bits per heavy atom. The number of benzene rings is 2. The summed E-state index contributed by atoms with van der Waals surface area (Å²) in [5, 5.41) is 17.2. The molecule has 2 aromatic rings. The molecular formula is C18H20N4. The van der Waals surface area contributed by atoms with E-state index in [1.165, 1.54) is 5.69 Å². The largest absolute Gasteiger partial charge is 0.372 e. The van der Waals surface area contributed by atoms with Crippen molar-refractivity contribution in [1.29, 1.82) is 5.26 Å². The second-order valence-corrected chi connectivity index (χ2v) is 4.95. The summed E-state index contributed by atoms with van der Waals surface area (Å²) in [6.45, 7) is 6.40. The van der Waals surface area contributed by atoms with Crippen molar-refractivity contribution in [3.63, 3.8) is 0 Å². The van der Waals surface area contributed by atoms with Crippen LogP contribution in [0.2, 0.25) is 0 Å². The highest BCUT2D eigenvalue weighted by atomic mass is 15.1. The molecule has 0 aromatic heterocycles. The van der Waals surface area contributed by atoms with Crippen LogP contribution in [0, 0.1) is 11.3 Å². The fourth-order valence-electron chi connectivity index (χ4n) is 2.19. The van der Waals surface area contributed by atoms with Gasteiger partial charge < -0.3 is 4.90 Å². The van der Waals surface area contributed by atoms with Crippen molar-refractivity contribution < 1.29 is 0 Å². The number of hydrogen-bond donors (Lipinski definition) is 0. The monoisotopic (exact) mass is 292 g/mol. The summed E-state index contributed by atoms with van der Waals surface area (Å²) < 4.78 is 0. The van der Waals surface area contributed by atoms with Gasteiger partial charge >= 0.3 is 0 Å². The lowest BCUT2D eigenvalue weighted by Gasteiger charge is -2.22. The minimum Gasteiger partial charge on any atom is -0.372 e. The molecule has 0 bridgehead atoms. The van der Waals surface area contributed by atoms with Crippen molar-refractivity contribution in [2.24, 2.45) is 10.2 Å². The molecule has 22 heavy (non-hydrogen) atoms. The molecule has 0 atom stereocenters. The smallest absolute Gasteiger partial charge is 0.0991 e. The molecule has 0 heterocycles. The first-order valence-electron chi connectivity index (χ1n) is 7.53. The van der Waals surface area contributed by atoms with E-state index in [-0.39, 0.29) is 0 Å². The molecule has 4 nitrogen and oxygen atoms in total. The van der Waals surface area contributed by atoms with Gasteiger partial charge in [0.1, 0.15) is 0 Å². The van der Waals surface area contributed by atoms with Crippen molar-refractivity contribution in [2.75, 3.05) is 18.0 Å². The standard InChI is InChI=1S/C18H20N4/c1-3-13-22(4-2)18-11-9-17(10-12-18)21-20-16-7-5-15(14-19)6-8-16/h5-12H,3-4,13H2,1-2H3. The van der Waals surface area contributed by atoms with Crippen LogP contribution in [0.3, 0.4) is 0 Å². The summed E-state index contributed by atoms with van der Waals surface area (Å²) >= 11 is 0. The number of hydrogen-bond acceptors (Lipinski definition) is 4. The van der Waals surface area contributed by atoms with E-state index in [4.69, 9.17) is 5.26 Å². The molecule has 2 rings (SSSR count). The predicted octanol–water partition coefficient (Wildman–Crippen LogP) is 5.21. The van der Waals surface area contributed by atoms with Crippen LogP contribution >= 0.6 is 0 Å². The highest BCUT2D eigenvalue weighted by Gasteiger charge is 2.02. The Kier molecular flexibility index (Phi) is 5.67. The maximum absolute atomic E-state index is 8.76. The summed E-state index contributed by atoms with van der Waals surface area (Å²) in [4.78, 5) is 2.33. The Morgan fingerprint density at radius 2 is 1.45 bits per heavy atom. The van der Waals surface area contributed by atoms with E-state index in [0.717, 1.165) is 30.9 Å². The summed E-state index contributed by atoms with van der Waals surface area (Å²) in [5.74, 6) is 0. The van der Waals surface area contributed by atoms with Crippen molar-refractivity contribution in [2.45, 2.75) is 20.3 Å². The highest BCUT2D eigenvalue weighted by molar-refractivity contribution is 5.53. The van der Waals surface area contributed by atoms with Crippen LogP contribution in [0.1, 0.15) is 25.8 Å². The maximum Gasteiger partial charge on any atom is 0.0991 e. The van der Waals surface area contributed by atoms with Gasteiger partial charge in [0.25, 0.3) is 0 Å². The first kappa shape index (κ1) is 15.7. The van der Waals surface area contributed by atoms with Gasteiger partial charge in [0.05, 0.1) is 23.0 Å². The fraction of sp³-hybridized carbons (Fsp3) is 0.278. The van der Waals surface area contributed by atoms with Gasteiger partial charge in [-0.25, -0.2) is 0 Å². The Bertz CT molecular complexity index is 651. The zero-order valence-corrected chi connectivity index (χ0v) is 13.0. The minimum absolute atomic E-state index is 0.624. The van der Waals surface area contributed by atoms with Crippen molar-refractivity contribution in [3.8, 4) is 6.07 Å². The maximum atomic E-state index is 8.76. The Balaban J connectivity index is 2.06. The number of nitriles is 1. The average Bonchev–Trinajstić information content (AvgIpc) is 2.59. The van der Waals surface area contributed by atoms with Crippen LogP contribution in [-0.2, 0) is 0 Å². The molecule has 0 saturated carbocycles. The van der Waals surface area contributed by atoms with Gasteiger partial charge in [-0.3, -0.25) is 0 Å². The van der Waals surface area contributed by atoms with Crippen LogP contribution in [-0.4, -0.2) is 13.1 Å². The lowest BCUT2D eigenvalue weighted by atomic mass is 10.2. The van der Waals surface area contributed by atoms with Crippen LogP contribution in [0.4, 0.5) is 17.1 Å². The second kappa shape index (κ2) is 7.94. The molecule has 0 saturated heterocycles. The highest BCUT2D eigenvalue weighted by Crippen LogP contribution is 2.22. The van der Waals surface area contributed by atoms with Crippen LogP contribution in [0.15, 0.2) is 58.8 Å². The van der Waals surface area contributed by atoms with Gasteiger partial charge in [-0.05, 0) is 61.9 Å². The summed E-state index contributed by atoms with van der Waals surface area (Å²) in [5.41, 5.74) is 3.39. The van der Waals surface area contributed by atoms with E-state index >= 15 is 0 Å². The van der Waals surface area contributed by atoms with E-state index in [2.05, 4.69) is 47.2 Å². The van der Waals surface area contributed by atoms with E-state index in [1.807, 2.05) is 12.1 Å². The first-order valence-corrected chi connectivity index (χ1v) is 7.53. The third-order valence-electron chi connectivity index (χ3n) is 3.37. The zero-order chi connectivity index (χ0) is 15.8. The van der Waals surface area contributed by atoms with Crippen LogP contribution < -0.4 is 4.90 Å². The lowest BCUT2D eigenvalue weighted by molar-refractivity contribution is 0.792. The molecule has 0 aliphatic rings. The Labute approximate surface area is 131 Å². The summed E-state index contributed by atoms with van der Waals surface area (Å²) in [6, 6.07) is 17.2. The number of nitrogens with zero attached hydrogens (tertiary/aromatic N) is 4. The molecular weight excluding hydrogens is 272 g/mol. The van der Waals surface area contributed by atoms with Crippen molar-refractivity contribution in [1.82, 2.24) is 0 Å². The average molecular weight is 292 g/mol. The Morgan fingerprint density at radius 1 is 0.909 bits per heavy atom. The molecule has 0 fully saturated rings. The molecule has 0 aliphatic heterocycles. The van der Waals surface area contributed by atoms with Crippen molar-refractivity contribution in [3.05, 3.63) is 54.1 Å². The molecule has 2 aromatic carbocycles. The normalized spacial score (nSPS) is 10.6. The van der Waals surface area contributed by atoms with E-state index < -0.39 is 0 Å². The third-order valence-corrected chi connectivity index (χ3v) is 3.37. The van der Waals surface area contributed by atoms with Gasteiger partial charge in [0.15, 0.2) is 0 Å². The molecule has 0 N–H and O–H groups in total. The van der Waals surface area contributed by atoms with Gasteiger partial charge in [-0.1, -0.05) is 6.92 Å². The molecule has 0 amide bonds. The third kappa shape index (κ3) is 4.16. The molecule has 4 heteroatoms. The van der Waals surface area contributed by atoms with Gasteiger partial charge in [0, 0.05) is 18.8 Å².